The van der Waals surface area contributed by atoms with Crippen molar-refractivity contribution < 1.29 is 9.53 Å². The maximum absolute atomic E-state index is 12.0. The van der Waals surface area contributed by atoms with Crippen molar-refractivity contribution in [1.29, 1.82) is 0 Å². The number of piperidine rings is 1. The summed E-state index contributed by atoms with van der Waals surface area (Å²) in [6.45, 7) is 5.97. The standard InChI is InChI=1S/C16H23N3O2/c1-12-7-17-5-3-13(12)8-19-6-4-14-10-21-11-16(20)18(2)15(14)9-19/h3,5,7,14-15H,4,6,8-11H2,1-2H3/t14-,15-/m0/s1. The van der Waals surface area contributed by atoms with Gasteiger partial charge in [-0.3, -0.25) is 14.7 Å². The summed E-state index contributed by atoms with van der Waals surface area (Å²) in [5.41, 5.74) is 2.55. The number of hydrogen-bond donors (Lipinski definition) is 0. The molecule has 21 heavy (non-hydrogen) atoms. The lowest BCUT2D eigenvalue weighted by molar-refractivity contribution is -0.134. The lowest BCUT2D eigenvalue weighted by Gasteiger charge is -2.41. The number of carbonyl (C=O) groups excluding carboxylic acids is 1. The average molecular weight is 289 g/mol. The molecule has 3 rings (SSSR count). The molecule has 2 fully saturated rings. The van der Waals surface area contributed by atoms with E-state index in [1.54, 1.807) is 0 Å². The van der Waals surface area contributed by atoms with Crippen LogP contribution in [0.2, 0.25) is 0 Å². The van der Waals surface area contributed by atoms with Crippen molar-refractivity contribution in [2.45, 2.75) is 25.9 Å². The van der Waals surface area contributed by atoms with E-state index in [9.17, 15) is 4.79 Å². The second-order valence-electron chi connectivity index (χ2n) is 6.17. The first-order chi connectivity index (χ1) is 10.1. The van der Waals surface area contributed by atoms with Crippen LogP contribution in [-0.2, 0) is 16.1 Å². The van der Waals surface area contributed by atoms with Gasteiger partial charge in [0.2, 0.25) is 5.91 Å². The van der Waals surface area contributed by atoms with Gasteiger partial charge in [-0.25, -0.2) is 0 Å². The highest BCUT2D eigenvalue weighted by Gasteiger charge is 2.36. The number of aryl methyl sites for hydroxylation is 1. The van der Waals surface area contributed by atoms with Crippen LogP contribution in [0.25, 0.3) is 0 Å². The van der Waals surface area contributed by atoms with Gasteiger partial charge >= 0.3 is 0 Å². The summed E-state index contributed by atoms with van der Waals surface area (Å²) >= 11 is 0. The molecule has 0 radical (unpaired) electrons. The molecule has 2 aliphatic heterocycles. The molecule has 1 aromatic heterocycles. The van der Waals surface area contributed by atoms with Crippen LogP contribution in [0.15, 0.2) is 18.5 Å². The summed E-state index contributed by atoms with van der Waals surface area (Å²) in [5, 5.41) is 0. The van der Waals surface area contributed by atoms with Gasteiger partial charge < -0.3 is 9.64 Å². The molecule has 0 bridgehead atoms. The van der Waals surface area contributed by atoms with Crippen LogP contribution in [0.1, 0.15) is 17.5 Å². The van der Waals surface area contributed by atoms with Crippen LogP contribution >= 0.6 is 0 Å². The summed E-state index contributed by atoms with van der Waals surface area (Å²) in [5.74, 6) is 0.570. The number of nitrogens with zero attached hydrogens (tertiary/aromatic N) is 3. The first kappa shape index (κ1) is 14.5. The molecule has 0 spiro atoms. The molecule has 0 unspecified atom stereocenters. The van der Waals surface area contributed by atoms with Gasteiger partial charge in [0.1, 0.15) is 6.61 Å². The largest absolute Gasteiger partial charge is 0.371 e. The predicted molar refractivity (Wildman–Crippen MR) is 79.7 cm³/mol. The van der Waals surface area contributed by atoms with Gasteiger partial charge in [-0.2, -0.15) is 0 Å². The lowest BCUT2D eigenvalue weighted by atomic mass is 9.91. The van der Waals surface area contributed by atoms with Crippen LogP contribution in [0.3, 0.4) is 0 Å². The highest BCUT2D eigenvalue weighted by atomic mass is 16.5. The molecule has 3 heterocycles. The summed E-state index contributed by atoms with van der Waals surface area (Å²) in [7, 11) is 1.91. The molecule has 5 heteroatoms. The van der Waals surface area contributed by atoms with Crippen LogP contribution in [0.4, 0.5) is 0 Å². The Balaban J connectivity index is 1.70. The van der Waals surface area contributed by atoms with E-state index in [0.29, 0.717) is 12.5 Å². The summed E-state index contributed by atoms with van der Waals surface area (Å²) in [6, 6.07) is 2.36. The van der Waals surface area contributed by atoms with E-state index in [-0.39, 0.29) is 18.6 Å². The number of amides is 1. The molecule has 2 aliphatic rings. The highest BCUT2D eigenvalue weighted by Crippen LogP contribution is 2.25. The number of likely N-dealkylation sites (N-methyl/N-ethyl adjacent to an activating group) is 1. The normalized spacial score (nSPS) is 27.3. The van der Waals surface area contributed by atoms with E-state index >= 15 is 0 Å². The molecule has 0 aliphatic carbocycles. The minimum Gasteiger partial charge on any atom is -0.371 e. The van der Waals surface area contributed by atoms with Crippen LogP contribution < -0.4 is 0 Å². The van der Waals surface area contributed by atoms with Gasteiger partial charge in [-0.05, 0) is 37.1 Å². The summed E-state index contributed by atoms with van der Waals surface area (Å²) in [4.78, 5) is 20.4. The van der Waals surface area contributed by atoms with Crippen molar-refractivity contribution in [1.82, 2.24) is 14.8 Å². The molecule has 114 valence electrons. The Bertz CT molecular complexity index is 520. The van der Waals surface area contributed by atoms with E-state index in [2.05, 4.69) is 22.9 Å². The molecule has 0 N–H and O–H groups in total. The molecular formula is C16H23N3O2. The predicted octanol–water partition coefficient (Wildman–Crippen LogP) is 1.07. The zero-order valence-electron chi connectivity index (χ0n) is 12.8. The maximum Gasteiger partial charge on any atom is 0.248 e. The fourth-order valence-corrected chi connectivity index (χ4v) is 3.33. The molecule has 1 aromatic rings. The lowest BCUT2D eigenvalue weighted by Crippen LogP contribution is -2.52. The van der Waals surface area contributed by atoms with Gasteiger partial charge in [-0.1, -0.05) is 0 Å². The fourth-order valence-electron chi connectivity index (χ4n) is 3.33. The topological polar surface area (TPSA) is 45.7 Å². The van der Waals surface area contributed by atoms with Crippen LogP contribution in [0, 0.1) is 12.8 Å². The van der Waals surface area contributed by atoms with Gasteiger partial charge in [-0.15, -0.1) is 0 Å². The van der Waals surface area contributed by atoms with Crippen molar-refractivity contribution in [3.05, 3.63) is 29.6 Å². The van der Waals surface area contributed by atoms with Gasteiger partial charge in [0.05, 0.1) is 6.61 Å². The quantitative estimate of drug-likeness (QED) is 0.817. The molecular weight excluding hydrogens is 266 g/mol. The Kier molecular flexibility index (Phi) is 4.22. The molecule has 1 amide bonds. The Labute approximate surface area is 125 Å². The van der Waals surface area contributed by atoms with Crippen molar-refractivity contribution in [2.75, 3.05) is 33.4 Å². The SMILES string of the molecule is Cc1cnccc1CN1CC[C@H]2COCC(=O)N(C)[C@H]2C1. The van der Waals surface area contributed by atoms with Crippen molar-refractivity contribution in [2.24, 2.45) is 5.92 Å². The van der Waals surface area contributed by atoms with E-state index < -0.39 is 0 Å². The Hall–Kier alpha value is -1.46. The number of pyridine rings is 1. The van der Waals surface area contributed by atoms with Crippen molar-refractivity contribution >= 4 is 5.91 Å². The second-order valence-corrected chi connectivity index (χ2v) is 6.17. The van der Waals surface area contributed by atoms with Gasteiger partial charge in [0.25, 0.3) is 0 Å². The third-order valence-corrected chi connectivity index (χ3v) is 4.78. The molecule has 0 saturated carbocycles. The van der Waals surface area contributed by atoms with Crippen molar-refractivity contribution in [3.8, 4) is 0 Å². The zero-order valence-corrected chi connectivity index (χ0v) is 12.8. The van der Waals surface area contributed by atoms with E-state index in [0.717, 1.165) is 26.1 Å². The van der Waals surface area contributed by atoms with Gasteiger partial charge in [0.15, 0.2) is 0 Å². The fraction of sp³-hybridized carbons (Fsp3) is 0.625. The smallest absolute Gasteiger partial charge is 0.248 e. The molecule has 2 atom stereocenters. The van der Waals surface area contributed by atoms with Crippen LogP contribution in [0.5, 0.6) is 0 Å². The van der Waals surface area contributed by atoms with E-state index in [1.165, 1.54) is 11.1 Å². The maximum atomic E-state index is 12.0. The number of ether oxygens (including phenoxy) is 1. The third-order valence-electron chi connectivity index (χ3n) is 4.78. The third kappa shape index (κ3) is 3.09. The van der Waals surface area contributed by atoms with Gasteiger partial charge in [0, 0.05) is 44.5 Å². The highest BCUT2D eigenvalue weighted by molar-refractivity contribution is 5.77. The number of carbonyl (C=O) groups is 1. The number of hydrogen-bond acceptors (Lipinski definition) is 4. The summed E-state index contributed by atoms with van der Waals surface area (Å²) < 4.78 is 5.50. The van der Waals surface area contributed by atoms with Crippen molar-refractivity contribution in [3.63, 3.8) is 0 Å². The first-order valence-electron chi connectivity index (χ1n) is 7.60. The summed E-state index contributed by atoms with van der Waals surface area (Å²) in [6.07, 6.45) is 4.86. The first-order valence-corrected chi connectivity index (χ1v) is 7.60. The Morgan fingerprint density at radius 3 is 3.14 bits per heavy atom. The number of aromatic nitrogens is 1. The average Bonchev–Trinajstić information content (AvgIpc) is 2.62. The zero-order chi connectivity index (χ0) is 14.8. The Morgan fingerprint density at radius 1 is 1.48 bits per heavy atom. The van der Waals surface area contributed by atoms with Crippen LogP contribution in [-0.4, -0.2) is 60.1 Å². The van der Waals surface area contributed by atoms with E-state index in [1.807, 2.05) is 24.3 Å². The molecule has 0 aromatic carbocycles. The minimum absolute atomic E-state index is 0.101. The number of rotatable bonds is 2. The number of fused-ring (bicyclic) bond motifs is 1. The second kappa shape index (κ2) is 6.12. The monoisotopic (exact) mass is 289 g/mol. The Morgan fingerprint density at radius 2 is 2.33 bits per heavy atom. The number of likely N-dealkylation sites (tertiary alicyclic amines) is 1. The molecule has 5 nitrogen and oxygen atoms in total. The molecule has 2 saturated heterocycles. The van der Waals surface area contributed by atoms with E-state index in [4.69, 9.17) is 4.74 Å². The minimum atomic E-state index is 0.101.